The van der Waals surface area contributed by atoms with E-state index in [-0.39, 0.29) is 17.9 Å². The number of imide groups is 1. The Bertz CT molecular complexity index is 1320. The number of aromatic nitrogens is 2. The van der Waals surface area contributed by atoms with Crippen LogP contribution in [0.15, 0.2) is 76.7 Å². The minimum atomic E-state index is -0.798. The van der Waals surface area contributed by atoms with Crippen LogP contribution in [0.2, 0.25) is 0 Å². The van der Waals surface area contributed by atoms with Gasteiger partial charge in [-0.2, -0.15) is 0 Å². The Morgan fingerprint density at radius 3 is 2.47 bits per heavy atom. The van der Waals surface area contributed by atoms with E-state index in [1.165, 1.54) is 15.9 Å². The summed E-state index contributed by atoms with van der Waals surface area (Å²) < 4.78 is 6.22. The van der Waals surface area contributed by atoms with Crippen molar-refractivity contribution in [2.75, 3.05) is 12.4 Å². The molecule has 4 aromatic rings. The Morgan fingerprint density at radius 2 is 1.78 bits per heavy atom. The van der Waals surface area contributed by atoms with Crippen LogP contribution in [0, 0.1) is 0 Å². The Labute approximate surface area is 192 Å². The fourth-order valence-corrected chi connectivity index (χ4v) is 4.95. The van der Waals surface area contributed by atoms with Crippen LogP contribution in [-0.2, 0) is 9.53 Å². The highest BCUT2D eigenvalue weighted by Gasteiger charge is 2.18. The number of thiophene rings is 1. The average molecular weight is 466 g/mol. The van der Waals surface area contributed by atoms with Crippen molar-refractivity contribution in [2.24, 2.45) is 0 Å². The second-order valence-electron chi connectivity index (χ2n) is 6.62. The average Bonchev–Trinajstić information content (AvgIpc) is 3.24. The second-order valence-corrected chi connectivity index (χ2v) is 8.60. The van der Waals surface area contributed by atoms with Gasteiger partial charge in [-0.25, -0.2) is 9.78 Å². The summed E-state index contributed by atoms with van der Waals surface area (Å²) in [6, 6.07) is 20.8. The van der Waals surface area contributed by atoms with E-state index >= 15 is 0 Å². The van der Waals surface area contributed by atoms with Crippen molar-refractivity contribution in [3.05, 3.63) is 77.1 Å². The van der Waals surface area contributed by atoms with E-state index in [1.807, 2.05) is 66.7 Å². The molecule has 2 aromatic carbocycles. The zero-order valence-corrected chi connectivity index (χ0v) is 18.7. The van der Waals surface area contributed by atoms with Gasteiger partial charge < -0.3 is 4.74 Å². The molecule has 9 heteroatoms. The Balaban J connectivity index is 1.74. The lowest BCUT2D eigenvalue weighted by Crippen LogP contribution is -2.32. The molecule has 0 bridgehead atoms. The van der Waals surface area contributed by atoms with Crippen molar-refractivity contribution in [1.29, 1.82) is 0 Å². The van der Waals surface area contributed by atoms with E-state index in [1.54, 1.807) is 6.92 Å². The molecule has 7 nitrogen and oxygen atoms in total. The van der Waals surface area contributed by atoms with Crippen molar-refractivity contribution in [1.82, 2.24) is 14.9 Å². The molecule has 0 aliphatic carbocycles. The zero-order chi connectivity index (χ0) is 22.5. The maximum absolute atomic E-state index is 13.4. The molecule has 0 atom stereocenters. The van der Waals surface area contributed by atoms with Crippen LogP contribution in [0.25, 0.3) is 26.3 Å². The summed E-state index contributed by atoms with van der Waals surface area (Å²) in [7, 11) is 0. The predicted molar refractivity (Wildman–Crippen MR) is 127 cm³/mol. The van der Waals surface area contributed by atoms with Crippen LogP contribution in [0.5, 0.6) is 0 Å². The number of carbonyl (C=O) groups is 2. The van der Waals surface area contributed by atoms with Gasteiger partial charge in [0.2, 0.25) is 5.91 Å². The summed E-state index contributed by atoms with van der Waals surface area (Å²) >= 11 is 2.50. The van der Waals surface area contributed by atoms with Gasteiger partial charge in [0.05, 0.1) is 23.4 Å². The molecule has 2 amide bonds. The summed E-state index contributed by atoms with van der Waals surface area (Å²) in [5.41, 5.74) is 1.43. The first kappa shape index (κ1) is 21.8. The Hall–Kier alpha value is -3.43. The zero-order valence-electron chi connectivity index (χ0n) is 17.1. The van der Waals surface area contributed by atoms with Crippen LogP contribution in [0.3, 0.4) is 0 Å². The summed E-state index contributed by atoms with van der Waals surface area (Å²) in [6.07, 6.45) is -0.798. The van der Waals surface area contributed by atoms with Gasteiger partial charge in [-0.05, 0) is 30.7 Å². The molecule has 0 fully saturated rings. The smallest absolute Gasteiger partial charge is 0.413 e. The van der Waals surface area contributed by atoms with Gasteiger partial charge in [0.15, 0.2) is 5.16 Å². The number of carbonyl (C=O) groups excluding carboxylic acids is 2. The molecular weight excluding hydrogens is 446 g/mol. The van der Waals surface area contributed by atoms with E-state index in [9.17, 15) is 14.4 Å². The van der Waals surface area contributed by atoms with Gasteiger partial charge in [-0.3, -0.25) is 19.5 Å². The van der Waals surface area contributed by atoms with Gasteiger partial charge in [0.1, 0.15) is 4.83 Å². The largest absolute Gasteiger partial charge is 0.450 e. The topological polar surface area (TPSA) is 90.3 Å². The Morgan fingerprint density at radius 1 is 1.09 bits per heavy atom. The van der Waals surface area contributed by atoms with Gasteiger partial charge in [0, 0.05) is 4.88 Å². The molecule has 0 radical (unpaired) electrons. The number of alkyl carbamates (subject to hydrolysis) is 1. The number of thioether (sulfide) groups is 1. The molecule has 4 rings (SSSR count). The number of amides is 2. The molecular formula is C23H19N3O4S2. The quantitative estimate of drug-likeness (QED) is 0.334. The number of nitrogens with zero attached hydrogens (tertiary/aromatic N) is 2. The standard InChI is InChI=1S/C23H19N3O4S2/c1-2-30-23(29)24-19(27)14-31-22-25-20-17(13-18(32-20)15-9-5-3-6-10-15)21(28)26(22)16-11-7-4-8-12-16/h3-13H,2,14H2,1H3,(H,24,27,29). The number of hydrogen-bond acceptors (Lipinski definition) is 7. The van der Waals surface area contributed by atoms with Crippen LogP contribution >= 0.6 is 23.1 Å². The van der Waals surface area contributed by atoms with Gasteiger partial charge in [0.25, 0.3) is 5.56 Å². The maximum Gasteiger partial charge on any atom is 0.413 e. The molecule has 0 aliphatic rings. The number of rotatable bonds is 6. The van der Waals surface area contributed by atoms with Crippen molar-refractivity contribution < 1.29 is 14.3 Å². The number of ether oxygens (including phenoxy) is 1. The van der Waals surface area contributed by atoms with Crippen molar-refractivity contribution in [3.63, 3.8) is 0 Å². The van der Waals surface area contributed by atoms with E-state index in [0.717, 1.165) is 22.2 Å². The molecule has 32 heavy (non-hydrogen) atoms. The molecule has 162 valence electrons. The number of hydrogen-bond donors (Lipinski definition) is 1. The van der Waals surface area contributed by atoms with E-state index in [4.69, 9.17) is 9.72 Å². The summed E-state index contributed by atoms with van der Waals surface area (Å²) in [5.74, 6) is -0.626. The third-order valence-electron chi connectivity index (χ3n) is 4.46. The fraction of sp³-hybridized carbons (Fsp3) is 0.130. The number of fused-ring (bicyclic) bond motifs is 1. The lowest BCUT2D eigenvalue weighted by molar-refractivity contribution is -0.117. The van der Waals surface area contributed by atoms with Gasteiger partial charge in [-0.15, -0.1) is 11.3 Å². The molecule has 1 N–H and O–H groups in total. The van der Waals surface area contributed by atoms with Crippen LogP contribution in [0.4, 0.5) is 4.79 Å². The highest BCUT2D eigenvalue weighted by molar-refractivity contribution is 7.99. The van der Waals surface area contributed by atoms with Crippen molar-refractivity contribution in [3.8, 4) is 16.1 Å². The SMILES string of the molecule is CCOC(=O)NC(=O)CSc1nc2sc(-c3ccccc3)cc2c(=O)n1-c1ccccc1. The minimum Gasteiger partial charge on any atom is -0.450 e. The number of benzene rings is 2. The lowest BCUT2D eigenvalue weighted by atomic mass is 10.2. The third-order valence-corrected chi connectivity index (χ3v) is 6.47. The normalized spacial score (nSPS) is 10.8. The first-order chi connectivity index (χ1) is 15.6. The lowest BCUT2D eigenvalue weighted by Gasteiger charge is -2.11. The third kappa shape index (κ3) is 4.74. The summed E-state index contributed by atoms with van der Waals surface area (Å²) in [6.45, 7) is 1.82. The minimum absolute atomic E-state index is 0.0967. The van der Waals surface area contributed by atoms with Gasteiger partial charge in [-0.1, -0.05) is 60.3 Å². The van der Waals surface area contributed by atoms with Crippen LogP contribution in [0.1, 0.15) is 6.92 Å². The predicted octanol–water partition coefficient (Wildman–Crippen LogP) is 4.48. The van der Waals surface area contributed by atoms with Gasteiger partial charge >= 0.3 is 6.09 Å². The van der Waals surface area contributed by atoms with Crippen LogP contribution < -0.4 is 10.9 Å². The number of nitrogens with one attached hydrogen (secondary N) is 1. The first-order valence-electron chi connectivity index (χ1n) is 9.83. The molecule has 0 unspecified atom stereocenters. The molecule has 0 aliphatic heterocycles. The van der Waals surface area contributed by atoms with Crippen molar-refractivity contribution >= 4 is 45.3 Å². The highest BCUT2D eigenvalue weighted by atomic mass is 32.2. The fourth-order valence-electron chi connectivity index (χ4n) is 3.06. The number of para-hydroxylation sites is 1. The monoisotopic (exact) mass is 465 g/mol. The van der Waals surface area contributed by atoms with Crippen LogP contribution in [-0.4, -0.2) is 33.9 Å². The van der Waals surface area contributed by atoms with E-state index in [0.29, 0.717) is 21.1 Å². The Kier molecular flexibility index (Phi) is 6.67. The maximum atomic E-state index is 13.4. The molecule has 2 heterocycles. The summed E-state index contributed by atoms with van der Waals surface area (Å²) in [4.78, 5) is 43.3. The summed E-state index contributed by atoms with van der Waals surface area (Å²) in [5, 5.41) is 3.04. The molecule has 0 saturated carbocycles. The highest BCUT2D eigenvalue weighted by Crippen LogP contribution is 2.32. The molecule has 0 spiro atoms. The van der Waals surface area contributed by atoms with E-state index < -0.39 is 12.0 Å². The first-order valence-corrected chi connectivity index (χ1v) is 11.6. The molecule has 2 aromatic heterocycles. The van der Waals surface area contributed by atoms with Crippen molar-refractivity contribution in [2.45, 2.75) is 12.1 Å². The second kappa shape index (κ2) is 9.80. The molecule has 0 saturated heterocycles. The van der Waals surface area contributed by atoms with E-state index in [2.05, 4.69) is 5.32 Å².